The van der Waals surface area contributed by atoms with E-state index in [4.69, 9.17) is 20.5 Å². The van der Waals surface area contributed by atoms with E-state index < -0.39 is 5.82 Å². The number of hydrogen-bond acceptors (Lipinski definition) is 4. The van der Waals surface area contributed by atoms with Crippen LogP contribution in [-0.4, -0.2) is 7.11 Å². The molecule has 0 aliphatic rings. The zero-order valence-electron chi connectivity index (χ0n) is 10.9. The van der Waals surface area contributed by atoms with Gasteiger partial charge >= 0.3 is 0 Å². The Morgan fingerprint density at radius 3 is 2.60 bits per heavy atom. The molecule has 0 saturated heterocycles. The maximum Gasteiger partial charge on any atom is 0.142 e. The summed E-state index contributed by atoms with van der Waals surface area (Å²) in [6.07, 6.45) is 0. The SMILES string of the molecule is COc1ccc(C#N)cc1COc1ccc(F)cc1N. The number of methoxy groups -OCH3 is 1. The summed E-state index contributed by atoms with van der Waals surface area (Å²) in [4.78, 5) is 0. The normalized spacial score (nSPS) is 9.85. The molecule has 20 heavy (non-hydrogen) atoms. The topological polar surface area (TPSA) is 68.3 Å². The maximum atomic E-state index is 12.9. The van der Waals surface area contributed by atoms with E-state index in [9.17, 15) is 4.39 Å². The fraction of sp³-hybridized carbons (Fsp3) is 0.133. The average molecular weight is 272 g/mol. The Labute approximate surface area is 116 Å². The minimum absolute atomic E-state index is 0.175. The molecule has 0 saturated carbocycles. The van der Waals surface area contributed by atoms with Crippen molar-refractivity contribution < 1.29 is 13.9 Å². The molecule has 2 N–H and O–H groups in total. The molecule has 0 unspecified atom stereocenters. The highest BCUT2D eigenvalue weighted by Gasteiger charge is 2.07. The van der Waals surface area contributed by atoms with E-state index in [1.165, 1.54) is 25.3 Å². The van der Waals surface area contributed by atoms with Crippen molar-refractivity contribution >= 4 is 5.69 Å². The van der Waals surface area contributed by atoms with Gasteiger partial charge in [0.25, 0.3) is 0 Å². The van der Waals surface area contributed by atoms with Crippen LogP contribution in [0.5, 0.6) is 11.5 Å². The highest BCUT2D eigenvalue weighted by molar-refractivity contribution is 5.52. The summed E-state index contributed by atoms with van der Waals surface area (Å²) >= 11 is 0. The van der Waals surface area contributed by atoms with Gasteiger partial charge in [-0.3, -0.25) is 0 Å². The lowest BCUT2D eigenvalue weighted by Crippen LogP contribution is -2.01. The summed E-state index contributed by atoms with van der Waals surface area (Å²) < 4.78 is 23.7. The number of benzene rings is 2. The van der Waals surface area contributed by atoms with E-state index in [1.807, 2.05) is 0 Å². The smallest absolute Gasteiger partial charge is 0.142 e. The van der Waals surface area contributed by atoms with Crippen LogP contribution in [0.3, 0.4) is 0 Å². The quantitative estimate of drug-likeness (QED) is 0.869. The number of nitriles is 1. The van der Waals surface area contributed by atoms with E-state index >= 15 is 0 Å². The lowest BCUT2D eigenvalue weighted by Gasteiger charge is -2.12. The fourth-order valence-corrected chi connectivity index (χ4v) is 1.77. The molecule has 0 fully saturated rings. The minimum atomic E-state index is -0.418. The molecule has 0 bridgehead atoms. The van der Waals surface area contributed by atoms with E-state index in [2.05, 4.69) is 6.07 Å². The van der Waals surface area contributed by atoms with Crippen LogP contribution in [0.1, 0.15) is 11.1 Å². The van der Waals surface area contributed by atoms with Crippen LogP contribution < -0.4 is 15.2 Å². The lowest BCUT2D eigenvalue weighted by molar-refractivity contribution is 0.298. The summed E-state index contributed by atoms with van der Waals surface area (Å²) in [5.41, 5.74) is 7.11. The van der Waals surface area contributed by atoms with Gasteiger partial charge in [-0.05, 0) is 30.3 Å². The van der Waals surface area contributed by atoms with Crippen molar-refractivity contribution in [3.63, 3.8) is 0 Å². The van der Waals surface area contributed by atoms with Gasteiger partial charge in [-0.25, -0.2) is 4.39 Å². The summed E-state index contributed by atoms with van der Waals surface area (Å²) in [5.74, 6) is 0.583. The Balaban J connectivity index is 2.20. The standard InChI is InChI=1S/C15H13FN2O2/c1-19-14-4-2-10(8-17)6-11(14)9-20-15-5-3-12(16)7-13(15)18/h2-7H,9,18H2,1H3. The first-order valence-corrected chi connectivity index (χ1v) is 5.89. The number of nitrogen functional groups attached to an aromatic ring is 1. The first-order chi connectivity index (χ1) is 9.63. The highest BCUT2D eigenvalue weighted by Crippen LogP contribution is 2.25. The van der Waals surface area contributed by atoms with Gasteiger partial charge in [-0.2, -0.15) is 5.26 Å². The van der Waals surface area contributed by atoms with Crippen LogP contribution in [0, 0.1) is 17.1 Å². The number of hydrogen-bond donors (Lipinski definition) is 1. The molecule has 0 heterocycles. The molecule has 4 nitrogen and oxygen atoms in total. The van der Waals surface area contributed by atoms with E-state index in [0.29, 0.717) is 17.1 Å². The fourth-order valence-electron chi connectivity index (χ4n) is 1.77. The number of nitrogens with two attached hydrogens (primary N) is 1. The van der Waals surface area contributed by atoms with Crippen LogP contribution in [0.15, 0.2) is 36.4 Å². The second-order valence-electron chi connectivity index (χ2n) is 4.11. The molecule has 2 aromatic carbocycles. The predicted octanol–water partition coefficient (Wildman–Crippen LogP) is 2.87. The van der Waals surface area contributed by atoms with Crippen LogP contribution in [0.25, 0.3) is 0 Å². The molecule has 0 atom stereocenters. The van der Waals surface area contributed by atoms with Gasteiger partial charge in [0.1, 0.15) is 23.9 Å². The van der Waals surface area contributed by atoms with E-state index in [0.717, 1.165) is 5.56 Å². The summed E-state index contributed by atoms with van der Waals surface area (Å²) in [7, 11) is 1.54. The molecule has 0 amide bonds. The number of ether oxygens (including phenoxy) is 2. The van der Waals surface area contributed by atoms with Crippen molar-refractivity contribution in [1.29, 1.82) is 5.26 Å². The second-order valence-corrected chi connectivity index (χ2v) is 4.11. The summed E-state index contributed by atoms with van der Waals surface area (Å²) in [6.45, 7) is 0.175. The monoisotopic (exact) mass is 272 g/mol. The highest BCUT2D eigenvalue weighted by atomic mass is 19.1. The number of rotatable bonds is 4. The number of nitrogens with zero attached hydrogens (tertiary/aromatic N) is 1. The summed E-state index contributed by atoms with van der Waals surface area (Å²) in [5, 5.41) is 8.89. The molecule has 0 aromatic heterocycles. The molecule has 5 heteroatoms. The van der Waals surface area contributed by atoms with Crippen LogP contribution in [-0.2, 0) is 6.61 Å². The van der Waals surface area contributed by atoms with Gasteiger partial charge in [0.05, 0.1) is 24.4 Å². The Hall–Kier alpha value is -2.74. The Bertz CT molecular complexity index is 665. The van der Waals surface area contributed by atoms with Crippen molar-refractivity contribution in [2.45, 2.75) is 6.61 Å². The van der Waals surface area contributed by atoms with E-state index in [-0.39, 0.29) is 12.3 Å². The zero-order valence-corrected chi connectivity index (χ0v) is 10.9. The zero-order chi connectivity index (χ0) is 14.5. The van der Waals surface area contributed by atoms with Gasteiger partial charge < -0.3 is 15.2 Å². The molecular formula is C15H13FN2O2. The number of anilines is 1. The summed E-state index contributed by atoms with van der Waals surface area (Å²) in [6, 6.07) is 11.0. The minimum Gasteiger partial charge on any atom is -0.496 e. The molecule has 0 spiro atoms. The van der Waals surface area contributed by atoms with Gasteiger partial charge in [0, 0.05) is 11.6 Å². The maximum absolute atomic E-state index is 12.9. The van der Waals surface area contributed by atoms with Gasteiger partial charge in [0.15, 0.2) is 0 Å². The van der Waals surface area contributed by atoms with Crippen molar-refractivity contribution in [3.8, 4) is 17.6 Å². The van der Waals surface area contributed by atoms with Crippen LogP contribution in [0.4, 0.5) is 10.1 Å². The van der Waals surface area contributed by atoms with Crippen molar-refractivity contribution in [2.75, 3.05) is 12.8 Å². The molecule has 2 aromatic rings. The molecule has 0 radical (unpaired) electrons. The third kappa shape index (κ3) is 2.98. The molecule has 0 aliphatic heterocycles. The second kappa shape index (κ2) is 5.93. The van der Waals surface area contributed by atoms with Crippen molar-refractivity contribution in [2.24, 2.45) is 0 Å². The predicted molar refractivity (Wildman–Crippen MR) is 72.9 cm³/mol. The van der Waals surface area contributed by atoms with E-state index in [1.54, 1.807) is 18.2 Å². The van der Waals surface area contributed by atoms with Crippen molar-refractivity contribution in [3.05, 3.63) is 53.3 Å². The van der Waals surface area contributed by atoms with Gasteiger partial charge in [-0.1, -0.05) is 0 Å². The van der Waals surface area contributed by atoms with Gasteiger partial charge in [-0.15, -0.1) is 0 Å². The lowest BCUT2D eigenvalue weighted by atomic mass is 10.1. The molecular weight excluding hydrogens is 259 g/mol. The van der Waals surface area contributed by atoms with Crippen molar-refractivity contribution in [1.82, 2.24) is 0 Å². The molecule has 2 rings (SSSR count). The van der Waals surface area contributed by atoms with Crippen LogP contribution in [0.2, 0.25) is 0 Å². The third-order valence-electron chi connectivity index (χ3n) is 2.76. The first-order valence-electron chi connectivity index (χ1n) is 5.89. The van der Waals surface area contributed by atoms with Gasteiger partial charge in [0.2, 0.25) is 0 Å². The third-order valence-corrected chi connectivity index (χ3v) is 2.76. The Morgan fingerprint density at radius 2 is 1.95 bits per heavy atom. The Kier molecular flexibility index (Phi) is 4.06. The average Bonchev–Trinajstić information content (AvgIpc) is 2.46. The van der Waals surface area contributed by atoms with Crippen LogP contribution >= 0.6 is 0 Å². The molecule has 0 aliphatic carbocycles. The number of halogens is 1. The first kappa shape index (κ1) is 13.7. The Morgan fingerprint density at radius 1 is 1.20 bits per heavy atom. The largest absolute Gasteiger partial charge is 0.496 e. The molecule has 102 valence electrons.